The van der Waals surface area contributed by atoms with Crippen LogP contribution < -0.4 is 15.8 Å². The zero-order valence-electron chi connectivity index (χ0n) is 23.2. The van der Waals surface area contributed by atoms with Crippen LogP contribution in [0.1, 0.15) is 49.7 Å². The number of hydrogen-bond donors (Lipinski definition) is 3. The first-order valence-electron chi connectivity index (χ1n) is 14.1. The van der Waals surface area contributed by atoms with E-state index in [1.165, 1.54) is 18.2 Å². The number of ether oxygens (including phenoxy) is 1. The smallest absolute Gasteiger partial charge is 0.262 e. The molecule has 2 fully saturated rings. The number of pyridine rings is 1. The molecule has 3 heterocycles. The number of aromatic nitrogens is 3. The first-order chi connectivity index (χ1) is 19.7. The number of benzene rings is 2. The van der Waals surface area contributed by atoms with E-state index in [9.17, 15) is 8.42 Å². The van der Waals surface area contributed by atoms with E-state index in [0.29, 0.717) is 52.6 Å². The minimum absolute atomic E-state index is 0.101. The van der Waals surface area contributed by atoms with Crippen LogP contribution in [0.5, 0.6) is 0 Å². The maximum atomic E-state index is 15.4. The summed E-state index contributed by atoms with van der Waals surface area (Å²) in [5.74, 6) is -0.0427. The van der Waals surface area contributed by atoms with Gasteiger partial charge in [0.15, 0.2) is 0 Å². The molecule has 216 valence electrons. The van der Waals surface area contributed by atoms with Crippen LogP contribution in [-0.4, -0.2) is 48.5 Å². The van der Waals surface area contributed by atoms with Crippen molar-refractivity contribution < 1.29 is 17.5 Å². The molecule has 0 spiro atoms. The number of halogens is 1. The second-order valence-electron chi connectivity index (χ2n) is 11.0. The maximum Gasteiger partial charge on any atom is 0.262 e. The summed E-state index contributed by atoms with van der Waals surface area (Å²) in [5, 5.41) is 9.24. The fourth-order valence-corrected chi connectivity index (χ4v) is 7.35. The van der Waals surface area contributed by atoms with Gasteiger partial charge in [-0.25, -0.2) is 17.8 Å². The van der Waals surface area contributed by atoms with Crippen molar-refractivity contribution in [3.8, 4) is 11.3 Å². The predicted molar refractivity (Wildman–Crippen MR) is 158 cm³/mol. The molecule has 0 radical (unpaired) electrons. The van der Waals surface area contributed by atoms with Gasteiger partial charge >= 0.3 is 0 Å². The number of nitrogens with two attached hydrogens (primary N) is 1. The first-order valence-corrected chi connectivity index (χ1v) is 15.6. The predicted octanol–water partition coefficient (Wildman–Crippen LogP) is 4.96. The number of fused-ring (bicyclic) bond motifs is 1. The molecule has 1 saturated carbocycles. The molecule has 0 bridgehead atoms. The number of nitrogens with zero attached hydrogens (tertiary/aromatic N) is 3. The molecule has 0 unspecified atom stereocenters. The third kappa shape index (κ3) is 5.29. The highest BCUT2D eigenvalue weighted by Crippen LogP contribution is 2.41. The lowest BCUT2D eigenvalue weighted by atomic mass is 9.81. The van der Waals surface area contributed by atoms with E-state index in [0.717, 1.165) is 50.0 Å². The van der Waals surface area contributed by atoms with Crippen LogP contribution in [0, 0.1) is 12.7 Å². The number of anilines is 2. The zero-order valence-corrected chi connectivity index (χ0v) is 24.0. The second-order valence-corrected chi connectivity index (χ2v) is 12.7. The van der Waals surface area contributed by atoms with Gasteiger partial charge in [-0.2, -0.15) is 5.10 Å². The molecule has 2 aliphatic rings. The van der Waals surface area contributed by atoms with Crippen LogP contribution in [0.2, 0.25) is 0 Å². The second kappa shape index (κ2) is 11.0. The minimum Gasteiger partial charge on any atom is -0.383 e. The summed E-state index contributed by atoms with van der Waals surface area (Å²) in [6.07, 6.45) is 6.08. The Morgan fingerprint density at radius 2 is 1.85 bits per heavy atom. The van der Waals surface area contributed by atoms with E-state index in [1.807, 2.05) is 17.8 Å². The lowest BCUT2D eigenvalue weighted by Crippen LogP contribution is -2.51. The number of hydrogen-bond acceptors (Lipinski definition) is 7. The summed E-state index contributed by atoms with van der Waals surface area (Å²) in [5.41, 5.74) is 9.93. The Hall–Kier alpha value is -3.54. The molecule has 2 aromatic heterocycles. The van der Waals surface area contributed by atoms with Crippen molar-refractivity contribution in [2.45, 2.75) is 69.0 Å². The van der Waals surface area contributed by atoms with Gasteiger partial charge in [-0.15, -0.1) is 0 Å². The van der Waals surface area contributed by atoms with Crippen molar-refractivity contribution in [1.29, 1.82) is 0 Å². The molecule has 4 N–H and O–H groups in total. The Balaban J connectivity index is 1.30. The van der Waals surface area contributed by atoms with E-state index >= 15 is 4.39 Å². The average Bonchev–Trinajstić information content (AvgIpc) is 3.33. The summed E-state index contributed by atoms with van der Waals surface area (Å²) < 4.78 is 50.9. The van der Waals surface area contributed by atoms with Crippen LogP contribution in [0.25, 0.3) is 22.2 Å². The van der Waals surface area contributed by atoms with Gasteiger partial charge in [0.2, 0.25) is 0 Å². The standard InChI is InChI=1S/C30H35FN6O3S/c1-3-37-29-23(19-8-11-21(12-9-19)34-22-16-40-17-22)15-33-30(32)27(29)28(35-37)20-10-13-25(24(31)14-20)36-41(38,39)26-7-5-4-6-18(26)2/h4-7,10,13-15,19,21-22,34,36H,3,8-9,11-12,16-17H2,1-2H3,(H2,32,33). The number of nitrogen functional groups attached to an aromatic ring is 1. The first kappa shape index (κ1) is 27.6. The normalized spacial score (nSPS) is 19.8. The number of nitrogens with one attached hydrogen (secondary N) is 2. The van der Waals surface area contributed by atoms with E-state index < -0.39 is 15.8 Å². The minimum atomic E-state index is -3.96. The summed E-state index contributed by atoms with van der Waals surface area (Å²) in [4.78, 5) is 4.64. The number of aryl methyl sites for hydroxylation is 2. The molecule has 4 aromatic rings. The molecule has 11 heteroatoms. The Bertz CT molecular complexity index is 1690. The summed E-state index contributed by atoms with van der Waals surface area (Å²) in [6.45, 7) is 5.91. The molecular weight excluding hydrogens is 543 g/mol. The largest absolute Gasteiger partial charge is 0.383 e. The maximum absolute atomic E-state index is 15.4. The molecule has 41 heavy (non-hydrogen) atoms. The Morgan fingerprint density at radius 3 is 2.51 bits per heavy atom. The fraction of sp³-hybridized carbons (Fsp3) is 0.400. The van der Waals surface area contributed by atoms with Crippen LogP contribution in [0.4, 0.5) is 15.9 Å². The van der Waals surface area contributed by atoms with Crippen LogP contribution >= 0.6 is 0 Å². The summed E-state index contributed by atoms with van der Waals surface area (Å²) in [7, 11) is -3.96. The monoisotopic (exact) mass is 578 g/mol. The fourth-order valence-electron chi connectivity index (χ4n) is 6.03. The lowest BCUT2D eigenvalue weighted by Gasteiger charge is -2.35. The summed E-state index contributed by atoms with van der Waals surface area (Å²) in [6, 6.07) is 11.9. The molecule has 1 aliphatic heterocycles. The van der Waals surface area contributed by atoms with Crippen molar-refractivity contribution in [2.75, 3.05) is 23.7 Å². The highest BCUT2D eigenvalue weighted by Gasteiger charge is 2.30. The highest BCUT2D eigenvalue weighted by molar-refractivity contribution is 7.92. The molecular formula is C30H35FN6O3S. The Kier molecular flexibility index (Phi) is 7.43. The van der Waals surface area contributed by atoms with E-state index in [-0.39, 0.29) is 10.6 Å². The highest BCUT2D eigenvalue weighted by atomic mass is 32.2. The van der Waals surface area contributed by atoms with Gasteiger partial charge < -0.3 is 15.8 Å². The van der Waals surface area contributed by atoms with Crippen LogP contribution in [-0.2, 0) is 21.3 Å². The molecule has 6 rings (SSSR count). The number of sulfonamides is 1. The third-order valence-corrected chi connectivity index (χ3v) is 9.80. The lowest BCUT2D eigenvalue weighted by molar-refractivity contribution is -0.0121. The van der Waals surface area contributed by atoms with Crippen LogP contribution in [0.3, 0.4) is 0 Å². The molecule has 1 aliphatic carbocycles. The van der Waals surface area contributed by atoms with Gasteiger partial charge in [0.05, 0.1) is 40.7 Å². The van der Waals surface area contributed by atoms with Gasteiger partial charge in [0.25, 0.3) is 10.0 Å². The van der Waals surface area contributed by atoms with Crippen molar-refractivity contribution in [2.24, 2.45) is 0 Å². The SMILES string of the molecule is CCn1nc(-c2ccc(NS(=O)(=O)c3ccccc3C)c(F)c2)c2c(N)ncc(C3CCC(NC4COC4)CC3)c21. The van der Waals surface area contributed by atoms with Gasteiger partial charge in [-0.3, -0.25) is 9.40 Å². The van der Waals surface area contributed by atoms with Gasteiger partial charge in [-0.05, 0) is 74.8 Å². The quantitative estimate of drug-likeness (QED) is 0.270. The third-order valence-electron chi connectivity index (χ3n) is 8.27. The van der Waals surface area contributed by atoms with Gasteiger partial charge in [-0.1, -0.05) is 24.3 Å². The van der Waals surface area contributed by atoms with E-state index in [2.05, 4.69) is 15.0 Å². The van der Waals surface area contributed by atoms with Gasteiger partial charge in [0.1, 0.15) is 17.3 Å². The van der Waals surface area contributed by atoms with E-state index in [4.69, 9.17) is 15.6 Å². The van der Waals surface area contributed by atoms with Crippen molar-refractivity contribution in [3.63, 3.8) is 0 Å². The molecule has 1 saturated heterocycles. The Labute approximate surface area is 239 Å². The Morgan fingerprint density at radius 1 is 1.10 bits per heavy atom. The van der Waals surface area contributed by atoms with Crippen molar-refractivity contribution in [1.82, 2.24) is 20.1 Å². The summed E-state index contributed by atoms with van der Waals surface area (Å²) >= 11 is 0. The molecule has 0 atom stereocenters. The molecule has 0 amide bonds. The van der Waals surface area contributed by atoms with Gasteiger partial charge in [0, 0.05) is 24.3 Å². The van der Waals surface area contributed by atoms with Crippen molar-refractivity contribution in [3.05, 3.63) is 65.6 Å². The average molecular weight is 579 g/mol. The van der Waals surface area contributed by atoms with Crippen LogP contribution in [0.15, 0.2) is 53.6 Å². The zero-order chi connectivity index (χ0) is 28.7. The van der Waals surface area contributed by atoms with E-state index in [1.54, 1.807) is 31.2 Å². The number of rotatable bonds is 8. The van der Waals surface area contributed by atoms with Crippen molar-refractivity contribution >= 4 is 32.4 Å². The topological polar surface area (TPSA) is 124 Å². The molecule has 9 nitrogen and oxygen atoms in total. The molecule has 2 aromatic carbocycles.